The Labute approximate surface area is 198 Å². The van der Waals surface area contributed by atoms with Gasteiger partial charge < -0.3 is 26.2 Å². The molecule has 2 fully saturated rings. The van der Waals surface area contributed by atoms with Crippen molar-refractivity contribution in [2.24, 2.45) is 11.7 Å². The molecule has 174 valence electrons. The highest BCUT2D eigenvalue weighted by molar-refractivity contribution is 5.97. The number of hydrogen-bond acceptors (Lipinski definition) is 4. The summed E-state index contributed by atoms with van der Waals surface area (Å²) < 4.78 is -0.768. The first-order chi connectivity index (χ1) is 16.4. The standard InChI is InChI=1S/C27H29N5O2/c28-26(29)18-9-8-17-11-25(27(33)31-23-13-21-10-20(23)14-30-21)32(34,24(17)12-18)15-19-6-3-5-16-4-1-2-7-22(16)19/h1-9,12,20-21,23,25,30H,10-11,13-15H2,(H3,28,29)(H,31,33). The van der Waals surface area contributed by atoms with Gasteiger partial charge in [-0.3, -0.25) is 10.2 Å². The minimum atomic E-state index is -0.775. The number of benzene rings is 3. The highest BCUT2D eigenvalue weighted by atomic mass is 16.6. The maximum atomic E-state index is 14.8. The summed E-state index contributed by atoms with van der Waals surface area (Å²) in [6.07, 6.45) is 2.39. The zero-order chi connectivity index (χ0) is 23.4. The van der Waals surface area contributed by atoms with Crippen LogP contribution in [-0.4, -0.2) is 36.4 Å². The molecule has 0 radical (unpaired) electrons. The normalized spacial score (nSPS) is 29.3. The van der Waals surface area contributed by atoms with E-state index in [0.717, 1.165) is 41.3 Å². The summed E-state index contributed by atoms with van der Waals surface area (Å²) >= 11 is 0. The first kappa shape index (κ1) is 21.3. The summed E-state index contributed by atoms with van der Waals surface area (Å²) in [6, 6.07) is 19.1. The quantitative estimate of drug-likeness (QED) is 0.205. The van der Waals surface area contributed by atoms with E-state index in [2.05, 4.69) is 10.6 Å². The number of nitrogens with one attached hydrogen (secondary N) is 3. The summed E-state index contributed by atoms with van der Waals surface area (Å²) in [7, 11) is 0. The molecule has 7 heteroatoms. The average Bonchev–Trinajstić information content (AvgIpc) is 3.53. The number of amides is 1. The van der Waals surface area contributed by atoms with Crippen LogP contribution in [-0.2, 0) is 17.8 Å². The summed E-state index contributed by atoms with van der Waals surface area (Å²) in [6.45, 7) is 1.07. The van der Waals surface area contributed by atoms with Crippen LogP contribution in [0.2, 0.25) is 0 Å². The van der Waals surface area contributed by atoms with Crippen molar-refractivity contribution >= 4 is 28.2 Å². The van der Waals surface area contributed by atoms with Crippen LogP contribution in [0.1, 0.15) is 29.5 Å². The molecule has 5 unspecified atom stereocenters. The van der Waals surface area contributed by atoms with Gasteiger partial charge >= 0.3 is 0 Å². The van der Waals surface area contributed by atoms with Gasteiger partial charge in [0.2, 0.25) is 0 Å². The maximum absolute atomic E-state index is 14.8. The zero-order valence-electron chi connectivity index (χ0n) is 19.0. The van der Waals surface area contributed by atoms with Crippen molar-refractivity contribution in [3.63, 3.8) is 0 Å². The first-order valence-electron chi connectivity index (χ1n) is 12.0. The fourth-order valence-electron chi connectivity index (χ4n) is 6.23. The Balaban J connectivity index is 1.39. The van der Waals surface area contributed by atoms with Gasteiger partial charge in [-0.1, -0.05) is 54.6 Å². The summed E-state index contributed by atoms with van der Waals surface area (Å²) in [5.74, 6) is 0.184. The highest BCUT2D eigenvalue weighted by Gasteiger charge is 2.48. The van der Waals surface area contributed by atoms with Gasteiger partial charge in [-0.2, -0.15) is 0 Å². The van der Waals surface area contributed by atoms with Crippen LogP contribution in [0.25, 0.3) is 10.8 Å². The topological polar surface area (TPSA) is 114 Å². The Morgan fingerprint density at radius 2 is 1.97 bits per heavy atom. The molecule has 7 nitrogen and oxygen atoms in total. The van der Waals surface area contributed by atoms with E-state index in [1.54, 1.807) is 12.1 Å². The van der Waals surface area contributed by atoms with Crippen LogP contribution in [0.15, 0.2) is 60.7 Å². The monoisotopic (exact) mass is 455 g/mol. The third kappa shape index (κ3) is 3.39. The van der Waals surface area contributed by atoms with Crippen LogP contribution >= 0.6 is 0 Å². The van der Waals surface area contributed by atoms with Crippen molar-refractivity contribution in [3.8, 4) is 0 Å². The fourth-order valence-corrected chi connectivity index (χ4v) is 6.23. The van der Waals surface area contributed by atoms with Crippen molar-refractivity contribution in [3.05, 3.63) is 82.6 Å². The molecule has 1 aliphatic carbocycles. The van der Waals surface area contributed by atoms with Gasteiger partial charge in [-0.25, -0.2) is 0 Å². The van der Waals surface area contributed by atoms with E-state index >= 15 is 0 Å². The number of quaternary nitrogens is 1. The lowest BCUT2D eigenvalue weighted by atomic mass is 10.0. The summed E-state index contributed by atoms with van der Waals surface area (Å²) in [4.78, 5) is 13.6. The zero-order valence-corrected chi connectivity index (χ0v) is 19.0. The highest BCUT2D eigenvalue weighted by Crippen LogP contribution is 2.42. The average molecular weight is 456 g/mol. The first-order valence-corrected chi connectivity index (χ1v) is 12.0. The fraction of sp³-hybridized carbons (Fsp3) is 0.333. The molecule has 0 spiro atoms. The minimum Gasteiger partial charge on any atom is -0.627 e. The van der Waals surface area contributed by atoms with Gasteiger partial charge in [0.05, 0.1) is 0 Å². The van der Waals surface area contributed by atoms with Crippen LogP contribution in [0.5, 0.6) is 0 Å². The van der Waals surface area contributed by atoms with Crippen LogP contribution in [0, 0.1) is 16.5 Å². The Hall–Kier alpha value is -3.26. The number of nitrogens with two attached hydrogens (primary N) is 1. The SMILES string of the molecule is N=C(N)c1ccc2c(c1)[N+]([O-])(Cc1cccc3ccccc13)C(C(=O)NC1CC3CC1CN3)C2. The van der Waals surface area contributed by atoms with E-state index in [1.165, 1.54) is 0 Å². The molecule has 1 amide bonds. The van der Waals surface area contributed by atoms with Crippen molar-refractivity contribution in [2.75, 3.05) is 6.54 Å². The molecule has 1 saturated heterocycles. The van der Waals surface area contributed by atoms with E-state index < -0.39 is 10.7 Å². The third-order valence-corrected chi connectivity index (χ3v) is 8.00. The minimum absolute atomic E-state index is 0.0816. The molecule has 2 aliphatic heterocycles. The second kappa shape index (κ2) is 7.91. The molecular formula is C27H29N5O2. The predicted molar refractivity (Wildman–Crippen MR) is 134 cm³/mol. The number of hydrogen-bond donors (Lipinski definition) is 4. The van der Waals surface area contributed by atoms with Gasteiger partial charge in [0.1, 0.15) is 18.1 Å². The molecule has 2 bridgehead atoms. The predicted octanol–water partition coefficient (Wildman–Crippen LogP) is 2.92. The lowest BCUT2D eigenvalue weighted by molar-refractivity contribution is -0.126. The van der Waals surface area contributed by atoms with Crippen LogP contribution in [0.4, 0.5) is 5.69 Å². The number of fused-ring (bicyclic) bond motifs is 4. The Bertz CT molecular complexity index is 1300. The molecular weight excluding hydrogens is 426 g/mol. The Kier molecular flexibility index (Phi) is 4.95. The van der Waals surface area contributed by atoms with Gasteiger partial charge in [0.25, 0.3) is 5.91 Å². The second-order valence-electron chi connectivity index (χ2n) is 10.0. The molecule has 1 saturated carbocycles. The summed E-state index contributed by atoms with van der Waals surface area (Å²) in [5, 5.41) is 31.5. The molecule has 3 aliphatic rings. The molecule has 5 N–H and O–H groups in total. The lowest BCUT2D eigenvalue weighted by Gasteiger charge is -2.44. The van der Waals surface area contributed by atoms with Crippen molar-refractivity contribution in [1.29, 1.82) is 5.41 Å². The number of rotatable bonds is 5. The second-order valence-corrected chi connectivity index (χ2v) is 10.0. The van der Waals surface area contributed by atoms with Crippen molar-refractivity contribution in [2.45, 2.75) is 43.9 Å². The number of nitrogens with zero attached hydrogens (tertiary/aromatic N) is 1. The maximum Gasteiger partial charge on any atom is 0.279 e. The number of piperidine rings is 1. The molecule has 0 aromatic heterocycles. The number of hydroxylamine groups is 2. The van der Waals surface area contributed by atoms with Crippen molar-refractivity contribution in [1.82, 2.24) is 15.3 Å². The van der Waals surface area contributed by atoms with E-state index in [9.17, 15) is 10.0 Å². The van der Waals surface area contributed by atoms with Gasteiger partial charge in [-0.15, -0.1) is 0 Å². The molecule has 2 heterocycles. The van der Waals surface area contributed by atoms with E-state index in [0.29, 0.717) is 29.6 Å². The molecule has 34 heavy (non-hydrogen) atoms. The Morgan fingerprint density at radius 3 is 2.74 bits per heavy atom. The van der Waals surface area contributed by atoms with Crippen LogP contribution < -0.4 is 21.0 Å². The van der Waals surface area contributed by atoms with Gasteiger partial charge in [0, 0.05) is 47.8 Å². The summed E-state index contributed by atoms with van der Waals surface area (Å²) in [5.41, 5.74) is 8.57. The van der Waals surface area contributed by atoms with E-state index in [1.807, 2.05) is 48.5 Å². The molecule has 3 aromatic carbocycles. The largest absolute Gasteiger partial charge is 0.627 e. The van der Waals surface area contributed by atoms with Gasteiger partial charge in [-0.05, 0) is 29.5 Å². The number of carbonyl (C=O) groups excluding carboxylic acids is 1. The number of amidine groups is 1. The smallest absolute Gasteiger partial charge is 0.279 e. The van der Waals surface area contributed by atoms with Crippen molar-refractivity contribution < 1.29 is 4.79 Å². The van der Waals surface area contributed by atoms with Crippen LogP contribution in [0.3, 0.4) is 0 Å². The molecule has 6 rings (SSSR count). The van der Waals surface area contributed by atoms with Gasteiger partial charge in [0.15, 0.2) is 6.04 Å². The number of carbonyl (C=O) groups is 1. The van der Waals surface area contributed by atoms with E-state index in [4.69, 9.17) is 11.1 Å². The number of nitrogen functional groups attached to an aromatic ring is 1. The molecule has 3 aromatic rings. The van der Waals surface area contributed by atoms with E-state index in [-0.39, 0.29) is 24.3 Å². The Morgan fingerprint density at radius 1 is 1.15 bits per heavy atom. The molecule has 5 atom stereocenters. The lowest BCUT2D eigenvalue weighted by Crippen LogP contribution is -2.58. The third-order valence-electron chi connectivity index (χ3n) is 8.00.